The Kier molecular flexibility index (Phi) is 4.42. The van der Waals surface area contributed by atoms with Gasteiger partial charge in [-0.25, -0.2) is 4.98 Å². The summed E-state index contributed by atoms with van der Waals surface area (Å²) in [6.45, 7) is 3.96. The average molecular weight is 376 g/mol. The van der Waals surface area contributed by atoms with E-state index in [1.165, 1.54) is 5.56 Å². The summed E-state index contributed by atoms with van der Waals surface area (Å²) < 4.78 is 0. The fourth-order valence-electron chi connectivity index (χ4n) is 2.91. The molecule has 0 aliphatic carbocycles. The molecule has 0 bridgehead atoms. The number of benzene rings is 3. The third-order valence-electron chi connectivity index (χ3n) is 4.49. The molecule has 0 saturated carbocycles. The van der Waals surface area contributed by atoms with E-state index in [1.54, 1.807) is 12.1 Å². The quantitative estimate of drug-likeness (QED) is 0.478. The highest BCUT2D eigenvalue weighted by molar-refractivity contribution is 6.31. The first-order valence-electron chi connectivity index (χ1n) is 8.64. The Morgan fingerprint density at radius 2 is 1.78 bits per heavy atom. The number of nitrogens with zero attached hydrogens (tertiary/aromatic N) is 1. The number of hydrogen-bond acceptors (Lipinski definition) is 2. The van der Waals surface area contributed by atoms with Crippen molar-refractivity contribution in [1.29, 1.82) is 0 Å². The summed E-state index contributed by atoms with van der Waals surface area (Å²) in [5.74, 6) is 0.614. The first-order valence-corrected chi connectivity index (χ1v) is 9.02. The van der Waals surface area contributed by atoms with E-state index in [9.17, 15) is 4.79 Å². The Hall–Kier alpha value is -3.11. The van der Waals surface area contributed by atoms with E-state index in [0.717, 1.165) is 28.0 Å². The molecule has 134 valence electrons. The fraction of sp³-hybridized carbons (Fsp3) is 0.0909. The summed E-state index contributed by atoms with van der Waals surface area (Å²) in [7, 11) is 0. The van der Waals surface area contributed by atoms with E-state index in [0.29, 0.717) is 16.3 Å². The second-order valence-electron chi connectivity index (χ2n) is 6.60. The van der Waals surface area contributed by atoms with Crippen molar-refractivity contribution < 1.29 is 4.79 Å². The SMILES string of the molecule is Cc1ccc2nc(-c3ccc(NC(=O)c4ccc(C)c(Cl)c4)cc3)[nH]c2c1. The van der Waals surface area contributed by atoms with Crippen molar-refractivity contribution in [1.82, 2.24) is 9.97 Å². The van der Waals surface area contributed by atoms with Gasteiger partial charge in [-0.15, -0.1) is 0 Å². The number of carbonyl (C=O) groups is 1. The molecule has 0 fully saturated rings. The van der Waals surface area contributed by atoms with Crippen LogP contribution in [0, 0.1) is 13.8 Å². The van der Waals surface area contributed by atoms with Gasteiger partial charge < -0.3 is 10.3 Å². The number of aromatic nitrogens is 2. The van der Waals surface area contributed by atoms with Crippen molar-refractivity contribution >= 4 is 34.2 Å². The van der Waals surface area contributed by atoms with Gasteiger partial charge in [-0.1, -0.05) is 23.7 Å². The molecule has 27 heavy (non-hydrogen) atoms. The van der Waals surface area contributed by atoms with Crippen LogP contribution in [0.3, 0.4) is 0 Å². The predicted molar refractivity (Wildman–Crippen MR) is 110 cm³/mol. The monoisotopic (exact) mass is 375 g/mol. The summed E-state index contributed by atoms with van der Waals surface area (Å²) in [6, 6.07) is 19.0. The maximum absolute atomic E-state index is 12.4. The maximum Gasteiger partial charge on any atom is 0.255 e. The molecule has 4 aromatic rings. The van der Waals surface area contributed by atoms with Crippen molar-refractivity contribution in [3.8, 4) is 11.4 Å². The number of rotatable bonds is 3. The van der Waals surface area contributed by atoms with Gasteiger partial charge >= 0.3 is 0 Å². The summed E-state index contributed by atoms with van der Waals surface area (Å²) in [6.07, 6.45) is 0. The van der Waals surface area contributed by atoms with E-state index < -0.39 is 0 Å². The van der Waals surface area contributed by atoms with Crippen LogP contribution in [-0.2, 0) is 0 Å². The predicted octanol–water partition coefficient (Wildman–Crippen LogP) is 5.75. The molecule has 1 aromatic heterocycles. The van der Waals surface area contributed by atoms with E-state index in [-0.39, 0.29) is 5.91 Å². The fourth-order valence-corrected chi connectivity index (χ4v) is 3.09. The lowest BCUT2D eigenvalue weighted by atomic mass is 10.1. The molecule has 0 radical (unpaired) electrons. The van der Waals surface area contributed by atoms with Gasteiger partial charge in [-0.3, -0.25) is 4.79 Å². The van der Waals surface area contributed by atoms with E-state index >= 15 is 0 Å². The Bertz CT molecular complexity index is 1150. The lowest BCUT2D eigenvalue weighted by Crippen LogP contribution is -2.11. The average Bonchev–Trinajstić information content (AvgIpc) is 3.07. The maximum atomic E-state index is 12.4. The molecule has 2 N–H and O–H groups in total. The number of halogens is 1. The van der Waals surface area contributed by atoms with Crippen LogP contribution in [0.15, 0.2) is 60.7 Å². The molecule has 4 rings (SSSR count). The number of aryl methyl sites for hydroxylation is 2. The number of anilines is 1. The highest BCUT2D eigenvalue weighted by Gasteiger charge is 2.09. The zero-order valence-corrected chi connectivity index (χ0v) is 15.8. The van der Waals surface area contributed by atoms with Crippen LogP contribution in [0.4, 0.5) is 5.69 Å². The summed E-state index contributed by atoms with van der Waals surface area (Å²) in [4.78, 5) is 20.4. The first-order chi connectivity index (χ1) is 13.0. The zero-order chi connectivity index (χ0) is 19.0. The molecule has 0 unspecified atom stereocenters. The minimum absolute atomic E-state index is 0.191. The van der Waals surface area contributed by atoms with Crippen LogP contribution < -0.4 is 5.32 Å². The molecule has 0 spiro atoms. The number of carbonyl (C=O) groups excluding carboxylic acids is 1. The normalized spacial score (nSPS) is 10.9. The largest absolute Gasteiger partial charge is 0.338 e. The van der Waals surface area contributed by atoms with E-state index in [1.807, 2.05) is 49.4 Å². The standard InChI is InChI=1S/C22H18ClN3O/c1-13-3-10-19-20(11-13)26-21(25-19)15-6-8-17(9-7-15)24-22(27)16-5-4-14(2)18(23)12-16/h3-12H,1-2H3,(H,24,27)(H,25,26). The Morgan fingerprint density at radius 3 is 2.52 bits per heavy atom. The molecule has 1 amide bonds. The van der Waals surface area contributed by atoms with Gasteiger partial charge in [0, 0.05) is 21.8 Å². The molecule has 0 atom stereocenters. The Morgan fingerprint density at radius 1 is 1.00 bits per heavy atom. The van der Waals surface area contributed by atoms with Crippen molar-refractivity contribution in [2.24, 2.45) is 0 Å². The van der Waals surface area contributed by atoms with Gasteiger partial charge in [-0.2, -0.15) is 0 Å². The van der Waals surface area contributed by atoms with Crippen LogP contribution in [0.5, 0.6) is 0 Å². The molecule has 4 nitrogen and oxygen atoms in total. The molecule has 3 aromatic carbocycles. The number of imidazole rings is 1. The van der Waals surface area contributed by atoms with Gasteiger partial charge in [0.1, 0.15) is 5.82 Å². The van der Waals surface area contributed by atoms with Crippen LogP contribution in [0.1, 0.15) is 21.5 Å². The van der Waals surface area contributed by atoms with Crippen LogP contribution in [0.25, 0.3) is 22.4 Å². The summed E-state index contributed by atoms with van der Waals surface area (Å²) >= 11 is 6.10. The van der Waals surface area contributed by atoms with Crippen molar-refractivity contribution in [3.05, 3.63) is 82.4 Å². The van der Waals surface area contributed by atoms with Crippen LogP contribution in [0.2, 0.25) is 5.02 Å². The van der Waals surface area contributed by atoms with Crippen molar-refractivity contribution in [2.75, 3.05) is 5.32 Å². The minimum atomic E-state index is -0.191. The first kappa shape index (κ1) is 17.3. The molecule has 0 aliphatic rings. The minimum Gasteiger partial charge on any atom is -0.338 e. The van der Waals surface area contributed by atoms with Crippen molar-refractivity contribution in [3.63, 3.8) is 0 Å². The zero-order valence-electron chi connectivity index (χ0n) is 15.0. The molecule has 0 saturated heterocycles. The van der Waals surface area contributed by atoms with E-state index in [4.69, 9.17) is 11.6 Å². The van der Waals surface area contributed by atoms with Crippen molar-refractivity contribution in [2.45, 2.75) is 13.8 Å². The second-order valence-corrected chi connectivity index (χ2v) is 7.01. The lowest BCUT2D eigenvalue weighted by Gasteiger charge is -2.07. The molecule has 1 heterocycles. The summed E-state index contributed by atoms with van der Waals surface area (Å²) in [5, 5.41) is 3.47. The Balaban J connectivity index is 1.54. The van der Waals surface area contributed by atoms with Crippen LogP contribution in [-0.4, -0.2) is 15.9 Å². The topological polar surface area (TPSA) is 57.8 Å². The van der Waals surface area contributed by atoms with Crippen LogP contribution >= 0.6 is 11.6 Å². The number of fused-ring (bicyclic) bond motifs is 1. The second kappa shape index (κ2) is 6.89. The third kappa shape index (κ3) is 3.57. The number of hydrogen-bond donors (Lipinski definition) is 2. The van der Waals surface area contributed by atoms with Gasteiger partial charge in [-0.05, 0) is 73.5 Å². The Labute approximate surface area is 162 Å². The molecule has 0 aliphatic heterocycles. The highest BCUT2D eigenvalue weighted by atomic mass is 35.5. The number of aromatic amines is 1. The highest BCUT2D eigenvalue weighted by Crippen LogP contribution is 2.23. The molecule has 5 heteroatoms. The summed E-state index contributed by atoms with van der Waals surface area (Å²) in [5.41, 5.74) is 6.28. The molecular formula is C22H18ClN3O. The smallest absolute Gasteiger partial charge is 0.255 e. The van der Waals surface area contributed by atoms with Gasteiger partial charge in [0.15, 0.2) is 0 Å². The van der Waals surface area contributed by atoms with E-state index in [2.05, 4.69) is 28.3 Å². The number of nitrogens with one attached hydrogen (secondary N) is 2. The van der Waals surface area contributed by atoms with Gasteiger partial charge in [0.05, 0.1) is 11.0 Å². The number of H-pyrrole nitrogens is 1. The number of amides is 1. The van der Waals surface area contributed by atoms with Gasteiger partial charge in [0.25, 0.3) is 5.91 Å². The van der Waals surface area contributed by atoms with Gasteiger partial charge in [0.2, 0.25) is 0 Å². The third-order valence-corrected chi connectivity index (χ3v) is 4.89. The lowest BCUT2D eigenvalue weighted by molar-refractivity contribution is 0.102. The molecular weight excluding hydrogens is 358 g/mol.